The van der Waals surface area contributed by atoms with Gasteiger partial charge in [-0.05, 0) is 24.6 Å². The van der Waals surface area contributed by atoms with Gasteiger partial charge in [-0.2, -0.15) is 0 Å². The second-order valence-corrected chi connectivity index (χ2v) is 5.10. The molecule has 0 unspecified atom stereocenters. The Balaban J connectivity index is 1.98. The molecule has 0 fully saturated rings. The highest BCUT2D eigenvalue weighted by atomic mass is 16.5. The number of hydrogen-bond acceptors (Lipinski definition) is 4. The topological polar surface area (TPSA) is 69.6 Å². The van der Waals surface area contributed by atoms with Crippen molar-refractivity contribution in [3.8, 4) is 11.5 Å². The van der Waals surface area contributed by atoms with Gasteiger partial charge in [0.2, 0.25) is 11.3 Å². The van der Waals surface area contributed by atoms with Crippen LogP contribution in [0.4, 0.5) is 0 Å². The number of aryl methyl sites for hydroxylation is 1. The SMILES string of the molecule is COc1ccc(CNC(=O)Cn2cc(OC)c(=O)cc2C)cc1. The van der Waals surface area contributed by atoms with Gasteiger partial charge >= 0.3 is 0 Å². The first-order valence-electron chi connectivity index (χ1n) is 7.18. The summed E-state index contributed by atoms with van der Waals surface area (Å²) in [5, 5.41) is 2.84. The number of carbonyl (C=O) groups is 1. The zero-order valence-electron chi connectivity index (χ0n) is 13.5. The molecule has 0 aliphatic rings. The predicted octanol–water partition coefficient (Wildman–Crippen LogP) is 1.49. The number of benzene rings is 1. The molecule has 2 aromatic rings. The molecule has 6 nitrogen and oxygen atoms in total. The van der Waals surface area contributed by atoms with Crippen LogP contribution in [0.15, 0.2) is 41.3 Å². The van der Waals surface area contributed by atoms with E-state index >= 15 is 0 Å². The molecule has 1 N–H and O–H groups in total. The van der Waals surface area contributed by atoms with Crippen LogP contribution < -0.4 is 20.2 Å². The van der Waals surface area contributed by atoms with Gasteiger partial charge in [0, 0.05) is 18.3 Å². The Morgan fingerprint density at radius 3 is 2.48 bits per heavy atom. The van der Waals surface area contributed by atoms with Gasteiger partial charge in [0.25, 0.3) is 0 Å². The highest BCUT2D eigenvalue weighted by Crippen LogP contribution is 2.11. The fourth-order valence-corrected chi connectivity index (χ4v) is 2.13. The average Bonchev–Trinajstić information content (AvgIpc) is 2.56. The fourth-order valence-electron chi connectivity index (χ4n) is 2.13. The van der Waals surface area contributed by atoms with Gasteiger partial charge in [-0.1, -0.05) is 12.1 Å². The van der Waals surface area contributed by atoms with Gasteiger partial charge in [-0.25, -0.2) is 0 Å². The van der Waals surface area contributed by atoms with Crippen molar-refractivity contribution in [1.82, 2.24) is 9.88 Å². The van der Waals surface area contributed by atoms with Gasteiger partial charge < -0.3 is 19.4 Å². The first-order chi connectivity index (χ1) is 11.0. The van der Waals surface area contributed by atoms with E-state index in [1.54, 1.807) is 24.8 Å². The zero-order chi connectivity index (χ0) is 16.8. The molecular weight excluding hydrogens is 296 g/mol. The van der Waals surface area contributed by atoms with Crippen molar-refractivity contribution in [3.63, 3.8) is 0 Å². The highest BCUT2D eigenvalue weighted by Gasteiger charge is 2.08. The Bertz CT molecular complexity index is 735. The number of amides is 1. The van der Waals surface area contributed by atoms with Crippen molar-refractivity contribution in [3.05, 3.63) is 58.0 Å². The van der Waals surface area contributed by atoms with E-state index in [1.165, 1.54) is 13.2 Å². The summed E-state index contributed by atoms with van der Waals surface area (Å²) in [6, 6.07) is 8.94. The molecule has 0 aliphatic carbocycles. The summed E-state index contributed by atoms with van der Waals surface area (Å²) in [6.07, 6.45) is 1.55. The lowest BCUT2D eigenvalue weighted by Gasteiger charge is -2.12. The molecule has 1 aromatic heterocycles. The Labute approximate surface area is 134 Å². The van der Waals surface area contributed by atoms with Crippen LogP contribution in [-0.4, -0.2) is 24.7 Å². The molecular formula is C17H20N2O4. The van der Waals surface area contributed by atoms with E-state index < -0.39 is 0 Å². The third-order valence-electron chi connectivity index (χ3n) is 3.49. The van der Waals surface area contributed by atoms with Crippen molar-refractivity contribution in [1.29, 1.82) is 0 Å². The number of rotatable bonds is 6. The van der Waals surface area contributed by atoms with Crippen LogP contribution in [0.25, 0.3) is 0 Å². The van der Waals surface area contributed by atoms with E-state index in [9.17, 15) is 9.59 Å². The van der Waals surface area contributed by atoms with E-state index in [0.717, 1.165) is 11.3 Å². The maximum absolute atomic E-state index is 12.1. The normalized spacial score (nSPS) is 10.2. The summed E-state index contributed by atoms with van der Waals surface area (Å²) in [5.41, 5.74) is 1.49. The summed E-state index contributed by atoms with van der Waals surface area (Å²) >= 11 is 0. The predicted molar refractivity (Wildman–Crippen MR) is 86.8 cm³/mol. The number of nitrogens with zero attached hydrogens (tertiary/aromatic N) is 1. The molecule has 0 spiro atoms. The van der Waals surface area contributed by atoms with Crippen LogP contribution in [-0.2, 0) is 17.9 Å². The summed E-state index contributed by atoms with van der Waals surface area (Å²) < 4.78 is 11.8. The molecule has 23 heavy (non-hydrogen) atoms. The van der Waals surface area contributed by atoms with E-state index in [1.807, 2.05) is 24.3 Å². The first kappa shape index (κ1) is 16.6. The van der Waals surface area contributed by atoms with Gasteiger partial charge in [0.15, 0.2) is 5.75 Å². The quantitative estimate of drug-likeness (QED) is 0.876. The minimum absolute atomic E-state index is 0.124. The maximum atomic E-state index is 12.1. The van der Waals surface area contributed by atoms with E-state index in [-0.39, 0.29) is 23.6 Å². The van der Waals surface area contributed by atoms with Crippen LogP contribution in [0.5, 0.6) is 11.5 Å². The van der Waals surface area contributed by atoms with Gasteiger partial charge in [-0.15, -0.1) is 0 Å². The summed E-state index contributed by atoms with van der Waals surface area (Å²) in [7, 11) is 3.04. The number of methoxy groups -OCH3 is 2. The lowest BCUT2D eigenvalue weighted by molar-refractivity contribution is -0.121. The number of pyridine rings is 1. The third kappa shape index (κ3) is 4.35. The number of hydrogen-bond donors (Lipinski definition) is 1. The lowest BCUT2D eigenvalue weighted by atomic mass is 10.2. The Morgan fingerprint density at radius 2 is 1.87 bits per heavy atom. The second kappa shape index (κ2) is 7.49. The van der Waals surface area contributed by atoms with Crippen molar-refractivity contribution in [2.45, 2.75) is 20.0 Å². The van der Waals surface area contributed by atoms with Gasteiger partial charge in [-0.3, -0.25) is 9.59 Å². The molecule has 0 radical (unpaired) electrons. The van der Waals surface area contributed by atoms with E-state index in [0.29, 0.717) is 12.2 Å². The van der Waals surface area contributed by atoms with Crippen LogP contribution in [0.1, 0.15) is 11.3 Å². The summed E-state index contributed by atoms with van der Waals surface area (Å²) in [4.78, 5) is 23.7. The molecule has 0 bridgehead atoms. The van der Waals surface area contributed by atoms with Crippen LogP contribution in [0.2, 0.25) is 0 Å². The zero-order valence-corrected chi connectivity index (χ0v) is 13.5. The molecule has 1 heterocycles. The minimum Gasteiger partial charge on any atom is -0.497 e. The van der Waals surface area contributed by atoms with Crippen molar-refractivity contribution in [2.24, 2.45) is 0 Å². The standard InChI is InChI=1S/C17H20N2O4/c1-12-8-15(20)16(23-3)10-19(12)11-17(21)18-9-13-4-6-14(22-2)7-5-13/h4-8,10H,9,11H2,1-3H3,(H,18,21). The van der Waals surface area contributed by atoms with Crippen LogP contribution in [0, 0.1) is 6.92 Å². The molecule has 1 aromatic carbocycles. The Hall–Kier alpha value is -2.76. The number of carbonyl (C=O) groups excluding carboxylic acids is 1. The molecule has 0 saturated carbocycles. The largest absolute Gasteiger partial charge is 0.497 e. The molecule has 0 atom stereocenters. The van der Waals surface area contributed by atoms with Crippen LogP contribution >= 0.6 is 0 Å². The number of nitrogens with one attached hydrogen (secondary N) is 1. The van der Waals surface area contributed by atoms with Crippen molar-refractivity contribution in [2.75, 3.05) is 14.2 Å². The van der Waals surface area contributed by atoms with Crippen molar-refractivity contribution < 1.29 is 14.3 Å². The number of ether oxygens (including phenoxy) is 2. The average molecular weight is 316 g/mol. The Kier molecular flexibility index (Phi) is 5.41. The first-order valence-corrected chi connectivity index (χ1v) is 7.18. The Morgan fingerprint density at radius 1 is 1.17 bits per heavy atom. The third-order valence-corrected chi connectivity index (χ3v) is 3.49. The highest BCUT2D eigenvalue weighted by molar-refractivity contribution is 5.75. The molecule has 122 valence electrons. The fraction of sp³-hybridized carbons (Fsp3) is 0.294. The molecule has 0 saturated heterocycles. The molecule has 2 rings (SSSR count). The van der Waals surface area contributed by atoms with Gasteiger partial charge in [0.05, 0.1) is 20.4 Å². The summed E-state index contributed by atoms with van der Waals surface area (Å²) in [5.74, 6) is 0.851. The minimum atomic E-state index is -0.195. The number of aromatic nitrogens is 1. The lowest BCUT2D eigenvalue weighted by Crippen LogP contribution is -2.28. The van der Waals surface area contributed by atoms with Crippen molar-refractivity contribution >= 4 is 5.91 Å². The van der Waals surface area contributed by atoms with Gasteiger partial charge in [0.1, 0.15) is 12.3 Å². The molecule has 1 amide bonds. The second-order valence-electron chi connectivity index (χ2n) is 5.10. The van der Waals surface area contributed by atoms with Crippen LogP contribution in [0.3, 0.4) is 0 Å². The molecule has 0 aliphatic heterocycles. The smallest absolute Gasteiger partial charge is 0.240 e. The monoisotopic (exact) mass is 316 g/mol. The maximum Gasteiger partial charge on any atom is 0.240 e. The van der Waals surface area contributed by atoms with E-state index in [2.05, 4.69) is 5.32 Å². The summed E-state index contributed by atoms with van der Waals surface area (Å²) in [6.45, 7) is 2.33. The molecule has 6 heteroatoms. The van der Waals surface area contributed by atoms with E-state index in [4.69, 9.17) is 9.47 Å².